The third-order valence-corrected chi connectivity index (χ3v) is 4.84. The van der Waals surface area contributed by atoms with E-state index in [-0.39, 0.29) is 37.6 Å². The smallest absolute Gasteiger partial charge is 0.325 e. The van der Waals surface area contributed by atoms with E-state index in [1.807, 2.05) is 51.1 Å². The number of piperidine rings is 1. The molecule has 0 aliphatic carbocycles. The molecule has 0 atom stereocenters. The number of ether oxygens (including phenoxy) is 2. The summed E-state index contributed by atoms with van der Waals surface area (Å²) < 4.78 is 11.0. The largest absolute Gasteiger partial charge is 0.459 e. The van der Waals surface area contributed by atoms with E-state index in [1.54, 1.807) is 16.7 Å². The maximum atomic E-state index is 12.8. The number of esters is 1. The molecule has 0 radical (unpaired) electrons. The van der Waals surface area contributed by atoms with Crippen LogP contribution in [0.2, 0.25) is 0 Å². The van der Waals surface area contributed by atoms with E-state index in [1.165, 1.54) is 0 Å². The molecule has 2 amide bonds. The highest BCUT2D eigenvalue weighted by Crippen LogP contribution is 2.18. The maximum absolute atomic E-state index is 12.8. The van der Waals surface area contributed by atoms with Crippen LogP contribution in [-0.2, 0) is 30.5 Å². The maximum Gasteiger partial charge on any atom is 0.325 e. The van der Waals surface area contributed by atoms with Crippen molar-refractivity contribution >= 4 is 17.8 Å². The monoisotopic (exact) mass is 404 g/mol. The fourth-order valence-corrected chi connectivity index (χ4v) is 3.20. The van der Waals surface area contributed by atoms with Crippen molar-refractivity contribution in [3.8, 4) is 0 Å². The molecule has 1 aliphatic heterocycles. The molecule has 7 heteroatoms. The van der Waals surface area contributed by atoms with Crippen LogP contribution in [0, 0.1) is 0 Å². The summed E-state index contributed by atoms with van der Waals surface area (Å²) >= 11 is 0. The highest BCUT2D eigenvalue weighted by atomic mass is 16.5. The van der Waals surface area contributed by atoms with Crippen LogP contribution in [0.3, 0.4) is 0 Å². The number of benzene rings is 1. The Kier molecular flexibility index (Phi) is 8.20. The Morgan fingerprint density at radius 1 is 1.10 bits per heavy atom. The number of carbonyl (C=O) groups excluding carboxylic acids is 3. The van der Waals surface area contributed by atoms with Crippen LogP contribution in [0.1, 0.15) is 46.1 Å². The van der Waals surface area contributed by atoms with E-state index >= 15 is 0 Å². The molecule has 1 saturated heterocycles. The third-order valence-electron chi connectivity index (χ3n) is 4.84. The van der Waals surface area contributed by atoms with E-state index in [2.05, 4.69) is 0 Å². The van der Waals surface area contributed by atoms with E-state index in [0.29, 0.717) is 25.9 Å². The molecular weight excluding hydrogens is 372 g/mol. The summed E-state index contributed by atoms with van der Waals surface area (Å²) in [5.74, 6) is -0.663. The fraction of sp³-hybridized carbons (Fsp3) is 0.591. The van der Waals surface area contributed by atoms with Gasteiger partial charge in [0.15, 0.2) is 0 Å². The summed E-state index contributed by atoms with van der Waals surface area (Å²) in [6.07, 6.45) is 1.26. The molecule has 1 aliphatic rings. The molecule has 1 aromatic carbocycles. The van der Waals surface area contributed by atoms with Crippen LogP contribution >= 0.6 is 0 Å². The van der Waals surface area contributed by atoms with Crippen molar-refractivity contribution in [2.45, 2.75) is 58.8 Å². The zero-order valence-corrected chi connectivity index (χ0v) is 17.8. The Bertz CT molecular complexity index is 691. The van der Waals surface area contributed by atoms with Gasteiger partial charge in [-0.1, -0.05) is 30.3 Å². The van der Waals surface area contributed by atoms with E-state index < -0.39 is 11.6 Å². The van der Waals surface area contributed by atoms with Gasteiger partial charge in [-0.25, -0.2) is 0 Å². The molecular formula is C22H32N2O5. The van der Waals surface area contributed by atoms with Gasteiger partial charge in [0.05, 0.1) is 5.60 Å². The predicted octanol–water partition coefficient (Wildman–Crippen LogP) is 2.38. The number of hydrogen-bond acceptors (Lipinski definition) is 5. The lowest BCUT2D eigenvalue weighted by atomic mass is 10.0. The van der Waals surface area contributed by atoms with Crippen LogP contribution in [0.15, 0.2) is 30.3 Å². The number of amides is 2. The van der Waals surface area contributed by atoms with Crippen molar-refractivity contribution in [2.24, 2.45) is 0 Å². The number of carbonyl (C=O) groups is 3. The minimum Gasteiger partial charge on any atom is -0.459 e. The van der Waals surface area contributed by atoms with Gasteiger partial charge in [0.2, 0.25) is 11.8 Å². The molecule has 1 fully saturated rings. The van der Waals surface area contributed by atoms with Crippen molar-refractivity contribution < 1.29 is 23.9 Å². The molecule has 0 N–H and O–H groups in total. The molecule has 0 bridgehead atoms. The van der Waals surface area contributed by atoms with E-state index in [0.717, 1.165) is 5.56 Å². The lowest BCUT2D eigenvalue weighted by Gasteiger charge is -2.38. The second-order valence-corrected chi connectivity index (χ2v) is 8.31. The van der Waals surface area contributed by atoms with Crippen LogP contribution in [0.4, 0.5) is 0 Å². The molecule has 0 aromatic heterocycles. The molecule has 1 aromatic rings. The number of likely N-dealkylation sites (tertiary alicyclic amines) is 1. The van der Waals surface area contributed by atoms with Gasteiger partial charge in [-0.15, -0.1) is 0 Å². The molecule has 7 nitrogen and oxygen atoms in total. The van der Waals surface area contributed by atoms with Gasteiger partial charge in [-0.2, -0.15) is 0 Å². The standard InChI is InChI=1S/C22H32N2O5/c1-17(25)23-12-10-19(11-13-23)24(20(26)16-29-22(2,3)4)14-21(27)28-15-18-8-6-5-7-9-18/h5-9,19H,10-16H2,1-4H3. The summed E-state index contributed by atoms with van der Waals surface area (Å²) in [5.41, 5.74) is 0.442. The number of hydrogen-bond donors (Lipinski definition) is 0. The molecule has 29 heavy (non-hydrogen) atoms. The van der Waals surface area contributed by atoms with Gasteiger partial charge < -0.3 is 19.3 Å². The molecule has 0 spiro atoms. The van der Waals surface area contributed by atoms with Gasteiger partial charge in [0.1, 0.15) is 19.8 Å². The second kappa shape index (κ2) is 10.4. The highest BCUT2D eigenvalue weighted by molar-refractivity contribution is 5.83. The highest BCUT2D eigenvalue weighted by Gasteiger charge is 2.31. The molecule has 160 valence electrons. The first-order valence-corrected chi connectivity index (χ1v) is 10.0. The van der Waals surface area contributed by atoms with Crippen LogP contribution in [0.25, 0.3) is 0 Å². The van der Waals surface area contributed by atoms with Crippen LogP contribution in [0.5, 0.6) is 0 Å². The second-order valence-electron chi connectivity index (χ2n) is 8.31. The van der Waals surface area contributed by atoms with Gasteiger partial charge in [0.25, 0.3) is 0 Å². The average molecular weight is 405 g/mol. The van der Waals surface area contributed by atoms with E-state index in [4.69, 9.17) is 9.47 Å². The Labute approximate surface area is 172 Å². The fourth-order valence-electron chi connectivity index (χ4n) is 3.20. The van der Waals surface area contributed by atoms with Gasteiger partial charge >= 0.3 is 5.97 Å². The Hall–Kier alpha value is -2.41. The quantitative estimate of drug-likeness (QED) is 0.652. The molecule has 1 heterocycles. The zero-order chi connectivity index (χ0) is 21.4. The van der Waals surface area contributed by atoms with Crippen molar-refractivity contribution in [1.29, 1.82) is 0 Å². The first kappa shape index (κ1) is 22.9. The summed E-state index contributed by atoms with van der Waals surface area (Å²) in [6.45, 7) is 8.28. The van der Waals surface area contributed by atoms with Crippen LogP contribution < -0.4 is 0 Å². The minimum atomic E-state index is -0.452. The normalized spacial score (nSPS) is 15.1. The summed E-state index contributed by atoms with van der Waals surface area (Å²) in [7, 11) is 0. The molecule has 2 rings (SSSR count). The first-order chi connectivity index (χ1) is 13.7. The summed E-state index contributed by atoms with van der Waals surface area (Å²) in [5, 5.41) is 0. The Morgan fingerprint density at radius 3 is 2.28 bits per heavy atom. The Morgan fingerprint density at radius 2 is 1.72 bits per heavy atom. The Balaban J connectivity index is 1.98. The third kappa shape index (κ3) is 7.85. The van der Waals surface area contributed by atoms with Gasteiger partial charge in [-0.3, -0.25) is 14.4 Å². The molecule has 0 unspecified atom stereocenters. The van der Waals surface area contributed by atoms with Gasteiger partial charge in [-0.05, 0) is 39.2 Å². The minimum absolute atomic E-state index is 0.0275. The topological polar surface area (TPSA) is 76.2 Å². The first-order valence-electron chi connectivity index (χ1n) is 10.0. The number of rotatable bonds is 7. The SMILES string of the molecule is CC(=O)N1CCC(N(CC(=O)OCc2ccccc2)C(=O)COC(C)(C)C)CC1. The predicted molar refractivity (Wildman–Crippen MR) is 109 cm³/mol. The van der Waals surface area contributed by atoms with E-state index in [9.17, 15) is 14.4 Å². The lowest BCUT2D eigenvalue weighted by molar-refractivity contribution is -0.156. The zero-order valence-electron chi connectivity index (χ0n) is 17.8. The summed E-state index contributed by atoms with van der Waals surface area (Å²) in [4.78, 5) is 40.1. The van der Waals surface area contributed by atoms with Crippen molar-refractivity contribution in [3.05, 3.63) is 35.9 Å². The lowest BCUT2D eigenvalue weighted by Crippen LogP contribution is -2.51. The average Bonchev–Trinajstić information content (AvgIpc) is 2.69. The van der Waals surface area contributed by atoms with Crippen molar-refractivity contribution in [3.63, 3.8) is 0 Å². The summed E-state index contributed by atoms with van der Waals surface area (Å²) in [6, 6.07) is 9.30. The number of nitrogens with zero attached hydrogens (tertiary/aromatic N) is 2. The van der Waals surface area contributed by atoms with Gasteiger partial charge in [0, 0.05) is 26.1 Å². The molecule has 0 saturated carbocycles. The van der Waals surface area contributed by atoms with Crippen LogP contribution in [-0.4, -0.2) is 65.5 Å². The van der Waals surface area contributed by atoms with Crippen molar-refractivity contribution in [1.82, 2.24) is 9.80 Å². The van der Waals surface area contributed by atoms with Crippen molar-refractivity contribution in [2.75, 3.05) is 26.2 Å².